The Morgan fingerprint density at radius 3 is 2.73 bits per heavy atom. The van der Waals surface area contributed by atoms with E-state index < -0.39 is 18.0 Å². The number of benzene rings is 1. The van der Waals surface area contributed by atoms with Gasteiger partial charge in [-0.3, -0.25) is 9.69 Å². The number of hydrogen-bond acceptors (Lipinski definition) is 5. The molecular weight excluding hydrogens is 339 g/mol. The molecule has 0 radical (unpaired) electrons. The Hall–Kier alpha value is -2.82. The molecule has 1 N–H and O–H groups in total. The fourth-order valence-electron chi connectivity index (χ4n) is 3.93. The number of nitriles is 1. The number of nitrogens with zero attached hydrogens (tertiary/aromatic N) is 3. The lowest BCUT2D eigenvalue weighted by Crippen LogP contribution is -2.33. The summed E-state index contributed by atoms with van der Waals surface area (Å²) in [5.41, 5.74) is 0.931. The van der Waals surface area contributed by atoms with Crippen molar-refractivity contribution in [2.45, 2.75) is 13.0 Å². The lowest BCUT2D eigenvalue weighted by Gasteiger charge is -2.23. The van der Waals surface area contributed by atoms with E-state index in [0.717, 1.165) is 0 Å². The fourth-order valence-corrected chi connectivity index (χ4v) is 3.93. The first kappa shape index (κ1) is 16.6. The van der Waals surface area contributed by atoms with E-state index in [0.29, 0.717) is 36.3 Å². The van der Waals surface area contributed by atoms with Gasteiger partial charge in [0.15, 0.2) is 0 Å². The average molecular weight is 358 g/mol. The van der Waals surface area contributed by atoms with Crippen molar-refractivity contribution in [1.29, 1.82) is 5.26 Å². The first-order valence-electron chi connectivity index (χ1n) is 8.64. The Balaban J connectivity index is 1.43. The van der Waals surface area contributed by atoms with Gasteiger partial charge in [0, 0.05) is 20.0 Å². The predicted octanol–water partition coefficient (Wildman–Crippen LogP) is 1.49. The van der Waals surface area contributed by atoms with Gasteiger partial charge in [-0.1, -0.05) is 0 Å². The Labute approximate surface area is 150 Å². The highest BCUT2D eigenvalue weighted by Crippen LogP contribution is 2.52. The molecule has 2 heterocycles. The number of carbonyl (C=O) groups excluding carboxylic acids is 2. The highest BCUT2D eigenvalue weighted by atomic mass is 19.1. The van der Waals surface area contributed by atoms with Crippen LogP contribution in [-0.4, -0.2) is 44.3 Å². The second kappa shape index (κ2) is 6.16. The molecule has 2 saturated heterocycles. The number of amides is 2. The minimum atomic E-state index is -0.549. The van der Waals surface area contributed by atoms with E-state index in [2.05, 4.69) is 11.4 Å². The molecule has 2 aliphatic heterocycles. The minimum absolute atomic E-state index is 0.119. The molecule has 4 rings (SSSR count). The van der Waals surface area contributed by atoms with Crippen LogP contribution in [0.15, 0.2) is 18.2 Å². The van der Waals surface area contributed by atoms with Crippen molar-refractivity contribution in [1.82, 2.24) is 5.32 Å². The largest absolute Gasteiger partial charge is 0.442 e. The number of rotatable bonds is 4. The van der Waals surface area contributed by atoms with Gasteiger partial charge in [0.2, 0.25) is 5.91 Å². The van der Waals surface area contributed by atoms with Gasteiger partial charge in [-0.15, -0.1) is 0 Å². The molecule has 2 unspecified atom stereocenters. The first-order valence-corrected chi connectivity index (χ1v) is 8.64. The van der Waals surface area contributed by atoms with Crippen molar-refractivity contribution in [3.05, 3.63) is 24.0 Å². The van der Waals surface area contributed by atoms with Crippen LogP contribution in [0, 0.1) is 34.9 Å². The Kier molecular flexibility index (Phi) is 3.94. The van der Waals surface area contributed by atoms with Gasteiger partial charge in [-0.25, -0.2) is 9.18 Å². The normalized spacial score (nSPS) is 29.2. The van der Waals surface area contributed by atoms with Crippen LogP contribution in [-0.2, 0) is 9.53 Å². The lowest BCUT2D eigenvalue weighted by molar-refractivity contribution is -0.119. The summed E-state index contributed by atoms with van der Waals surface area (Å²) >= 11 is 0. The molecule has 1 aliphatic carbocycles. The van der Waals surface area contributed by atoms with Gasteiger partial charge in [0.1, 0.15) is 11.9 Å². The van der Waals surface area contributed by atoms with Crippen LogP contribution < -0.4 is 15.1 Å². The van der Waals surface area contributed by atoms with E-state index in [9.17, 15) is 14.0 Å². The van der Waals surface area contributed by atoms with Crippen LogP contribution in [0.25, 0.3) is 0 Å². The molecule has 3 atom stereocenters. The van der Waals surface area contributed by atoms with Crippen molar-refractivity contribution < 1.29 is 18.7 Å². The second-order valence-corrected chi connectivity index (χ2v) is 7.08. The van der Waals surface area contributed by atoms with Crippen molar-refractivity contribution in [3.63, 3.8) is 0 Å². The highest BCUT2D eigenvalue weighted by Gasteiger charge is 2.56. The maximum atomic E-state index is 14.6. The van der Waals surface area contributed by atoms with Crippen LogP contribution >= 0.6 is 0 Å². The van der Waals surface area contributed by atoms with E-state index in [4.69, 9.17) is 10.00 Å². The summed E-state index contributed by atoms with van der Waals surface area (Å²) in [5.74, 6) is 0.227. The fraction of sp³-hybridized carbons (Fsp3) is 0.500. The molecule has 136 valence electrons. The number of anilines is 2. The number of piperidine rings is 1. The zero-order valence-electron chi connectivity index (χ0n) is 14.3. The van der Waals surface area contributed by atoms with Gasteiger partial charge in [-0.2, -0.15) is 5.26 Å². The minimum Gasteiger partial charge on any atom is -0.442 e. The standard InChI is InChI=1S/C18H19FN4O3/c1-10(24)21-6-12-7-23(18(25)26-12)11-2-3-17(16(19)4-11)22-8-14-13(5-20)15(14)9-22/h2-4,12-15H,6-9H2,1H3,(H,21,24)/t12-,13?,14?,15?/m0/s1. The zero-order valence-corrected chi connectivity index (χ0v) is 14.3. The summed E-state index contributed by atoms with van der Waals surface area (Å²) in [5, 5.41) is 11.6. The van der Waals surface area contributed by atoms with E-state index in [1.807, 2.05) is 4.90 Å². The molecule has 0 bridgehead atoms. The van der Waals surface area contributed by atoms with Crippen LogP contribution in [0.2, 0.25) is 0 Å². The molecular formula is C18H19FN4O3. The lowest BCUT2D eigenvalue weighted by atomic mass is 10.2. The highest BCUT2D eigenvalue weighted by molar-refractivity contribution is 5.90. The maximum absolute atomic E-state index is 14.6. The van der Waals surface area contributed by atoms with Crippen molar-refractivity contribution >= 4 is 23.4 Å². The van der Waals surface area contributed by atoms with E-state index in [-0.39, 0.29) is 24.9 Å². The summed E-state index contributed by atoms with van der Waals surface area (Å²) in [7, 11) is 0. The number of carbonyl (C=O) groups is 2. The summed E-state index contributed by atoms with van der Waals surface area (Å²) in [4.78, 5) is 26.3. The molecule has 7 nitrogen and oxygen atoms in total. The number of cyclic esters (lactones) is 1. The summed E-state index contributed by atoms with van der Waals surface area (Å²) in [6.45, 7) is 3.28. The number of halogens is 1. The van der Waals surface area contributed by atoms with Gasteiger partial charge < -0.3 is 15.0 Å². The predicted molar refractivity (Wildman–Crippen MR) is 91.0 cm³/mol. The van der Waals surface area contributed by atoms with Crippen molar-refractivity contribution in [3.8, 4) is 6.07 Å². The third-order valence-corrected chi connectivity index (χ3v) is 5.38. The van der Waals surface area contributed by atoms with Crippen LogP contribution in [0.5, 0.6) is 0 Å². The number of hydrogen-bond donors (Lipinski definition) is 1. The second-order valence-electron chi connectivity index (χ2n) is 7.08. The number of nitrogens with one attached hydrogen (secondary N) is 1. The molecule has 1 saturated carbocycles. The smallest absolute Gasteiger partial charge is 0.414 e. The SMILES string of the molecule is CC(=O)NC[C@H]1CN(c2ccc(N3CC4C(C#N)C4C3)c(F)c2)C(=O)O1. The van der Waals surface area contributed by atoms with Gasteiger partial charge in [-0.05, 0) is 30.0 Å². The van der Waals surface area contributed by atoms with Crippen LogP contribution in [0.4, 0.5) is 20.6 Å². The summed E-state index contributed by atoms with van der Waals surface area (Å²) < 4.78 is 19.8. The van der Waals surface area contributed by atoms with Gasteiger partial charge in [0.05, 0.1) is 36.5 Å². The maximum Gasteiger partial charge on any atom is 0.414 e. The molecule has 2 amide bonds. The first-order chi connectivity index (χ1) is 12.5. The molecule has 26 heavy (non-hydrogen) atoms. The topological polar surface area (TPSA) is 85.7 Å². The summed E-state index contributed by atoms with van der Waals surface area (Å²) in [6, 6.07) is 7.00. The van der Waals surface area contributed by atoms with Gasteiger partial charge in [0.25, 0.3) is 0 Å². The van der Waals surface area contributed by atoms with Crippen LogP contribution in [0.1, 0.15) is 6.92 Å². The number of ether oxygens (including phenoxy) is 1. The Morgan fingerprint density at radius 2 is 2.12 bits per heavy atom. The quantitative estimate of drug-likeness (QED) is 0.881. The molecule has 1 aromatic carbocycles. The Bertz CT molecular complexity index is 796. The third kappa shape index (κ3) is 2.83. The van der Waals surface area contributed by atoms with E-state index in [1.54, 1.807) is 12.1 Å². The molecule has 3 fully saturated rings. The van der Waals surface area contributed by atoms with Crippen molar-refractivity contribution in [2.24, 2.45) is 17.8 Å². The van der Waals surface area contributed by atoms with Crippen LogP contribution in [0.3, 0.4) is 0 Å². The third-order valence-electron chi connectivity index (χ3n) is 5.38. The van der Waals surface area contributed by atoms with E-state index >= 15 is 0 Å². The summed E-state index contributed by atoms with van der Waals surface area (Å²) in [6.07, 6.45) is -1.01. The number of fused-ring (bicyclic) bond motifs is 1. The zero-order chi connectivity index (χ0) is 18.4. The molecule has 0 aromatic heterocycles. The molecule has 0 spiro atoms. The monoisotopic (exact) mass is 358 g/mol. The Morgan fingerprint density at radius 1 is 1.38 bits per heavy atom. The van der Waals surface area contributed by atoms with Gasteiger partial charge >= 0.3 is 6.09 Å². The molecule has 1 aromatic rings. The average Bonchev–Trinajstić information content (AvgIpc) is 2.93. The molecule has 3 aliphatic rings. The molecule has 8 heteroatoms. The van der Waals surface area contributed by atoms with E-state index in [1.165, 1.54) is 17.9 Å². The van der Waals surface area contributed by atoms with Crippen molar-refractivity contribution in [2.75, 3.05) is 36.0 Å².